The topological polar surface area (TPSA) is 78.9 Å². The Morgan fingerprint density at radius 3 is 0.783 bits per heavy atom. The summed E-state index contributed by atoms with van der Waals surface area (Å²) in [6.07, 6.45) is 99.2. The van der Waals surface area contributed by atoms with Crippen molar-refractivity contribution in [1.29, 1.82) is 0 Å². The standard InChI is InChI=1S/C77H128O6/c1-4-7-10-13-16-19-22-25-27-29-31-32-33-34-35-36-37-38-39-40-41-42-43-44-46-47-49-52-55-58-61-64-67-70-76(79)82-73-74(72-81-75(78)69-66-63-60-57-54-51-24-21-18-15-12-9-6-3)83-77(80)71-68-65-62-59-56-53-50-48-45-30-28-26-23-20-17-14-11-8-5-2/h7-8,10-11,16-17,19-20,25-28,31-32,34-35,45,48,53,56,62,65,74H,4-6,9,12-15,18,21-24,29-30,33,36-44,46-47,49-52,54-55,57-61,63-64,66-73H2,1-3H3/b10-7-,11-8-,19-16-,20-17-,27-25-,28-26-,32-31-,35-34-,48-45-,56-53-,65-62-. The molecule has 0 heterocycles. The predicted molar refractivity (Wildman–Crippen MR) is 362 cm³/mol. The highest BCUT2D eigenvalue weighted by atomic mass is 16.6. The summed E-state index contributed by atoms with van der Waals surface area (Å²) in [6, 6.07) is 0. The molecular weight excluding hydrogens is 1020 g/mol. The lowest BCUT2D eigenvalue weighted by Gasteiger charge is -2.18. The van der Waals surface area contributed by atoms with Gasteiger partial charge in [0.2, 0.25) is 0 Å². The maximum Gasteiger partial charge on any atom is 0.306 e. The second kappa shape index (κ2) is 70.0. The van der Waals surface area contributed by atoms with Gasteiger partial charge >= 0.3 is 17.9 Å². The molecule has 6 nitrogen and oxygen atoms in total. The van der Waals surface area contributed by atoms with Gasteiger partial charge < -0.3 is 14.2 Å². The number of unbranched alkanes of at least 4 members (excludes halogenated alkanes) is 29. The number of ether oxygens (including phenoxy) is 3. The number of rotatable bonds is 62. The van der Waals surface area contributed by atoms with E-state index in [0.717, 1.165) is 109 Å². The van der Waals surface area contributed by atoms with Crippen LogP contribution in [0, 0.1) is 0 Å². The van der Waals surface area contributed by atoms with E-state index in [-0.39, 0.29) is 37.5 Å². The first kappa shape index (κ1) is 78.5. The number of carbonyl (C=O) groups excluding carboxylic acids is 3. The van der Waals surface area contributed by atoms with E-state index in [4.69, 9.17) is 14.2 Å². The quantitative estimate of drug-likeness (QED) is 0.0261. The Morgan fingerprint density at radius 1 is 0.253 bits per heavy atom. The Kier molecular flexibility index (Phi) is 66.3. The summed E-state index contributed by atoms with van der Waals surface area (Å²) in [5.74, 6) is -0.982. The lowest BCUT2D eigenvalue weighted by molar-refractivity contribution is -0.166. The number of esters is 3. The fourth-order valence-electron chi connectivity index (χ4n) is 9.56. The molecule has 0 rings (SSSR count). The zero-order chi connectivity index (χ0) is 59.9. The Labute approximate surface area is 513 Å². The van der Waals surface area contributed by atoms with Crippen molar-refractivity contribution in [2.24, 2.45) is 0 Å². The van der Waals surface area contributed by atoms with Crippen molar-refractivity contribution in [2.45, 2.75) is 322 Å². The molecule has 0 N–H and O–H groups in total. The van der Waals surface area contributed by atoms with E-state index in [1.807, 2.05) is 6.08 Å². The number of allylic oxidation sites excluding steroid dienone is 22. The van der Waals surface area contributed by atoms with Crippen molar-refractivity contribution in [3.63, 3.8) is 0 Å². The molecule has 0 spiro atoms. The summed E-state index contributed by atoms with van der Waals surface area (Å²) in [6.45, 7) is 6.37. The fourth-order valence-corrected chi connectivity index (χ4v) is 9.56. The molecule has 1 atom stereocenters. The van der Waals surface area contributed by atoms with Gasteiger partial charge in [-0.05, 0) is 103 Å². The van der Waals surface area contributed by atoms with Crippen molar-refractivity contribution >= 4 is 17.9 Å². The average Bonchev–Trinajstić information content (AvgIpc) is 3.49. The maximum absolute atomic E-state index is 12.9. The van der Waals surface area contributed by atoms with Crippen LogP contribution in [0.2, 0.25) is 0 Å². The summed E-state index contributed by atoms with van der Waals surface area (Å²) >= 11 is 0. The van der Waals surface area contributed by atoms with Gasteiger partial charge in [-0.2, -0.15) is 0 Å². The highest BCUT2D eigenvalue weighted by molar-refractivity contribution is 5.71. The molecule has 0 saturated carbocycles. The molecule has 83 heavy (non-hydrogen) atoms. The maximum atomic E-state index is 12.9. The summed E-state index contributed by atoms with van der Waals surface area (Å²) < 4.78 is 16.9. The lowest BCUT2D eigenvalue weighted by atomic mass is 10.0. The van der Waals surface area contributed by atoms with Crippen LogP contribution >= 0.6 is 0 Å². The van der Waals surface area contributed by atoms with Crippen LogP contribution in [0.1, 0.15) is 316 Å². The molecule has 0 aromatic rings. The van der Waals surface area contributed by atoms with Crippen LogP contribution in [0.15, 0.2) is 134 Å². The van der Waals surface area contributed by atoms with E-state index in [1.54, 1.807) is 0 Å². The third-order valence-corrected chi connectivity index (χ3v) is 14.7. The van der Waals surface area contributed by atoms with E-state index < -0.39 is 6.10 Å². The zero-order valence-electron chi connectivity index (χ0n) is 54.2. The van der Waals surface area contributed by atoms with Crippen LogP contribution in [0.5, 0.6) is 0 Å². The lowest BCUT2D eigenvalue weighted by Crippen LogP contribution is -2.30. The Morgan fingerprint density at radius 2 is 0.494 bits per heavy atom. The minimum atomic E-state index is -0.820. The van der Waals surface area contributed by atoms with Crippen LogP contribution in [-0.2, 0) is 28.6 Å². The van der Waals surface area contributed by atoms with Gasteiger partial charge in [0, 0.05) is 19.3 Å². The fraction of sp³-hybridized carbons (Fsp3) is 0.675. The highest BCUT2D eigenvalue weighted by Crippen LogP contribution is 2.17. The van der Waals surface area contributed by atoms with Gasteiger partial charge in [0.15, 0.2) is 6.10 Å². The van der Waals surface area contributed by atoms with Crippen molar-refractivity contribution < 1.29 is 28.6 Å². The van der Waals surface area contributed by atoms with Crippen LogP contribution < -0.4 is 0 Å². The van der Waals surface area contributed by atoms with E-state index in [1.165, 1.54) is 161 Å². The molecule has 1 unspecified atom stereocenters. The Balaban J connectivity index is 4.27. The molecule has 0 aromatic carbocycles. The van der Waals surface area contributed by atoms with E-state index >= 15 is 0 Å². The summed E-state index contributed by atoms with van der Waals surface area (Å²) in [5.41, 5.74) is 0. The highest BCUT2D eigenvalue weighted by Gasteiger charge is 2.19. The van der Waals surface area contributed by atoms with Gasteiger partial charge in [-0.1, -0.05) is 328 Å². The number of hydrogen-bond acceptors (Lipinski definition) is 6. The third kappa shape index (κ3) is 68.2. The van der Waals surface area contributed by atoms with Gasteiger partial charge in [-0.3, -0.25) is 14.4 Å². The molecule has 6 heteroatoms. The monoisotopic (exact) mass is 1150 g/mol. The molecule has 0 amide bonds. The molecule has 0 saturated heterocycles. The zero-order valence-corrected chi connectivity index (χ0v) is 54.2. The Hall–Kier alpha value is -4.45. The summed E-state index contributed by atoms with van der Waals surface area (Å²) in [4.78, 5) is 38.3. The average molecular weight is 1150 g/mol. The first-order valence-corrected chi connectivity index (χ1v) is 34.7. The summed E-state index contributed by atoms with van der Waals surface area (Å²) in [7, 11) is 0. The molecular formula is C77H128O6. The normalized spacial score (nSPS) is 13.0. The van der Waals surface area contributed by atoms with Gasteiger partial charge in [-0.15, -0.1) is 0 Å². The van der Waals surface area contributed by atoms with Crippen molar-refractivity contribution in [1.82, 2.24) is 0 Å². The second-order valence-electron chi connectivity index (χ2n) is 22.7. The van der Waals surface area contributed by atoms with E-state index in [2.05, 4.69) is 148 Å². The third-order valence-electron chi connectivity index (χ3n) is 14.7. The van der Waals surface area contributed by atoms with Crippen molar-refractivity contribution in [3.8, 4) is 0 Å². The molecule has 0 aliphatic heterocycles. The van der Waals surface area contributed by atoms with Crippen LogP contribution in [0.4, 0.5) is 0 Å². The SMILES string of the molecule is CC/C=C\C/C=C\C/C=C\C/C=C\C/C=C\C/C=C\CCC(=O)OC(COC(=O)CCCCCCCCCCCCCCC)COC(=O)CCCCCCCCCCCCCCCCCCC/C=C\C/C=C\C/C=C\C/C=C\C/C=C\CC. The molecule has 0 aliphatic carbocycles. The molecule has 0 aromatic heterocycles. The largest absolute Gasteiger partial charge is 0.462 e. The molecule has 0 aliphatic rings. The second-order valence-corrected chi connectivity index (χ2v) is 22.7. The minimum absolute atomic E-state index is 0.107. The number of hydrogen-bond donors (Lipinski definition) is 0. The van der Waals surface area contributed by atoms with E-state index in [9.17, 15) is 14.4 Å². The number of carbonyl (C=O) groups is 3. The van der Waals surface area contributed by atoms with Crippen LogP contribution in [0.3, 0.4) is 0 Å². The van der Waals surface area contributed by atoms with Gasteiger partial charge in [0.1, 0.15) is 13.2 Å². The minimum Gasteiger partial charge on any atom is -0.462 e. The van der Waals surface area contributed by atoms with Crippen LogP contribution in [-0.4, -0.2) is 37.2 Å². The first-order valence-electron chi connectivity index (χ1n) is 34.7. The van der Waals surface area contributed by atoms with E-state index in [0.29, 0.717) is 19.3 Å². The molecule has 0 bridgehead atoms. The molecule has 0 radical (unpaired) electrons. The van der Waals surface area contributed by atoms with Crippen LogP contribution in [0.25, 0.3) is 0 Å². The Bertz CT molecular complexity index is 1750. The van der Waals surface area contributed by atoms with Gasteiger partial charge in [-0.25, -0.2) is 0 Å². The van der Waals surface area contributed by atoms with Crippen molar-refractivity contribution in [3.05, 3.63) is 134 Å². The summed E-state index contributed by atoms with van der Waals surface area (Å²) in [5, 5.41) is 0. The van der Waals surface area contributed by atoms with Gasteiger partial charge in [0.25, 0.3) is 0 Å². The first-order chi connectivity index (χ1) is 41.0. The molecule has 472 valence electrons. The van der Waals surface area contributed by atoms with Gasteiger partial charge in [0.05, 0.1) is 0 Å². The van der Waals surface area contributed by atoms with Crippen molar-refractivity contribution in [2.75, 3.05) is 13.2 Å². The molecule has 0 fully saturated rings. The predicted octanol–water partition coefficient (Wildman–Crippen LogP) is 24.1. The smallest absolute Gasteiger partial charge is 0.306 e.